The summed E-state index contributed by atoms with van der Waals surface area (Å²) in [6, 6.07) is 8.76. The van der Waals surface area contributed by atoms with Gasteiger partial charge in [0.1, 0.15) is 17.5 Å². The summed E-state index contributed by atoms with van der Waals surface area (Å²) in [6.45, 7) is 4.83. The lowest BCUT2D eigenvalue weighted by molar-refractivity contribution is -0.0159. The van der Waals surface area contributed by atoms with E-state index >= 15 is 0 Å². The van der Waals surface area contributed by atoms with E-state index in [0.717, 1.165) is 36.8 Å². The van der Waals surface area contributed by atoms with Gasteiger partial charge in [-0.25, -0.2) is 14.4 Å². The Labute approximate surface area is 147 Å². The van der Waals surface area contributed by atoms with Gasteiger partial charge in [-0.3, -0.25) is 4.90 Å². The first-order chi connectivity index (χ1) is 12.3. The van der Waals surface area contributed by atoms with Gasteiger partial charge in [0.15, 0.2) is 0 Å². The average molecular weight is 342 g/mol. The Morgan fingerprint density at radius 3 is 2.88 bits per heavy atom. The highest BCUT2D eigenvalue weighted by Gasteiger charge is 2.28. The second-order valence-electron chi connectivity index (χ2n) is 6.66. The van der Waals surface area contributed by atoms with Gasteiger partial charge in [0.05, 0.1) is 19.3 Å². The standard InChI is InChI=1S/C19H23FN4O/c20-16-5-3-4-15(12-16)13-24-10-11-25-14-17(24)19-21-7-6-18(22-19)23-8-1-2-9-23/h3-7,12,17H,1-2,8-11,13-14H2. The van der Waals surface area contributed by atoms with Crippen LogP contribution in [0.5, 0.6) is 0 Å². The first-order valence-corrected chi connectivity index (χ1v) is 8.94. The number of nitrogens with zero attached hydrogens (tertiary/aromatic N) is 4. The van der Waals surface area contributed by atoms with E-state index in [1.165, 1.54) is 18.9 Å². The molecule has 1 unspecified atom stereocenters. The van der Waals surface area contributed by atoms with Crippen molar-refractivity contribution < 1.29 is 9.13 Å². The molecule has 0 spiro atoms. The molecule has 5 nitrogen and oxygen atoms in total. The van der Waals surface area contributed by atoms with Crippen molar-refractivity contribution in [2.24, 2.45) is 0 Å². The molecular formula is C19H23FN4O. The number of benzene rings is 1. The third-order valence-corrected chi connectivity index (χ3v) is 4.90. The quantitative estimate of drug-likeness (QED) is 0.855. The minimum absolute atomic E-state index is 0.000398. The molecule has 1 aromatic carbocycles. The van der Waals surface area contributed by atoms with E-state index in [9.17, 15) is 4.39 Å². The van der Waals surface area contributed by atoms with Crippen molar-refractivity contribution in [3.63, 3.8) is 0 Å². The van der Waals surface area contributed by atoms with Crippen LogP contribution in [0.1, 0.15) is 30.3 Å². The maximum absolute atomic E-state index is 13.5. The molecule has 25 heavy (non-hydrogen) atoms. The minimum Gasteiger partial charge on any atom is -0.378 e. The van der Waals surface area contributed by atoms with E-state index < -0.39 is 0 Å². The number of anilines is 1. The van der Waals surface area contributed by atoms with Crippen molar-refractivity contribution in [3.05, 3.63) is 53.7 Å². The Bertz CT molecular complexity index is 720. The third kappa shape index (κ3) is 3.80. The summed E-state index contributed by atoms with van der Waals surface area (Å²) < 4.78 is 19.2. The van der Waals surface area contributed by atoms with Crippen molar-refractivity contribution >= 4 is 5.82 Å². The first-order valence-electron chi connectivity index (χ1n) is 8.94. The number of ether oxygens (including phenoxy) is 1. The molecule has 0 aliphatic carbocycles. The molecule has 0 amide bonds. The van der Waals surface area contributed by atoms with Crippen LogP contribution >= 0.6 is 0 Å². The fraction of sp³-hybridized carbons (Fsp3) is 0.474. The topological polar surface area (TPSA) is 41.5 Å². The predicted molar refractivity (Wildman–Crippen MR) is 93.8 cm³/mol. The van der Waals surface area contributed by atoms with Crippen LogP contribution in [-0.2, 0) is 11.3 Å². The van der Waals surface area contributed by atoms with Crippen molar-refractivity contribution in [3.8, 4) is 0 Å². The zero-order chi connectivity index (χ0) is 17.1. The third-order valence-electron chi connectivity index (χ3n) is 4.90. The van der Waals surface area contributed by atoms with Gasteiger partial charge in [0.25, 0.3) is 0 Å². The van der Waals surface area contributed by atoms with Crippen LogP contribution in [0, 0.1) is 5.82 Å². The van der Waals surface area contributed by atoms with Crippen LogP contribution in [0.4, 0.5) is 10.2 Å². The lowest BCUT2D eigenvalue weighted by Gasteiger charge is -2.34. The molecular weight excluding hydrogens is 319 g/mol. The molecule has 2 fully saturated rings. The fourth-order valence-electron chi connectivity index (χ4n) is 3.58. The maximum Gasteiger partial charge on any atom is 0.150 e. The minimum atomic E-state index is -0.199. The molecule has 2 aliphatic heterocycles. The van der Waals surface area contributed by atoms with E-state index in [4.69, 9.17) is 9.72 Å². The molecule has 4 rings (SSSR count). The van der Waals surface area contributed by atoms with Crippen molar-refractivity contribution in [1.29, 1.82) is 0 Å². The number of hydrogen-bond donors (Lipinski definition) is 0. The lowest BCUT2D eigenvalue weighted by atomic mass is 10.1. The van der Waals surface area contributed by atoms with E-state index in [1.807, 2.05) is 18.3 Å². The van der Waals surface area contributed by atoms with E-state index in [1.54, 1.807) is 12.1 Å². The Hall–Kier alpha value is -2.05. The summed E-state index contributed by atoms with van der Waals surface area (Å²) in [6.07, 6.45) is 4.28. The van der Waals surface area contributed by atoms with Crippen LogP contribution in [-0.4, -0.2) is 47.7 Å². The van der Waals surface area contributed by atoms with Gasteiger partial charge in [-0.1, -0.05) is 12.1 Å². The highest BCUT2D eigenvalue weighted by molar-refractivity contribution is 5.38. The number of morpholine rings is 1. The van der Waals surface area contributed by atoms with Crippen LogP contribution in [0.15, 0.2) is 36.5 Å². The number of hydrogen-bond acceptors (Lipinski definition) is 5. The largest absolute Gasteiger partial charge is 0.378 e. The molecule has 3 heterocycles. The summed E-state index contributed by atoms with van der Waals surface area (Å²) in [5, 5.41) is 0. The highest BCUT2D eigenvalue weighted by atomic mass is 19.1. The van der Waals surface area contributed by atoms with Gasteiger partial charge >= 0.3 is 0 Å². The molecule has 0 saturated carbocycles. The van der Waals surface area contributed by atoms with Gasteiger partial charge < -0.3 is 9.64 Å². The smallest absolute Gasteiger partial charge is 0.150 e. The van der Waals surface area contributed by atoms with Gasteiger partial charge in [0, 0.05) is 32.4 Å². The maximum atomic E-state index is 13.5. The van der Waals surface area contributed by atoms with Crippen molar-refractivity contribution in [2.45, 2.75) is 25.4 Å². The predicted octanol–water partition coefficient (Wildman–Crippen LogP) is 2.79. The van der Waals surface area contributed by atoms with Crippen molar-refractivity contribution in [2.75, 3.05) is 37.7 Å². The normalized spacial score (nSPS) is 21.6. The molecule has 0 radical (unpaired) electrons. The Morgan fingerprint density at radius 1 is 1.16 bits per heavy atom. The van der Waals surface area contributed by atoms with Crippen LogP contribution in [0.3, 0.4) is 0 Å². The zero-order valence-electron chi connectivity index (χ0n) is 14.3. The van der Waals surface area contributed by atoms with Crippen molar-refractivity contribution in [1.82, 2.24) is 14.9 Å². The summed E-state index contributed by atoms with van der Waals surface area (Å²) >= 11 is 0. The number of aromatic nitrogens is 2. The summed E-state index contributed by atoms with van der Waals surface area (Å²) in [7, 11) is 0. The molecule has 2 aliphatic rings. The Balaban J connectivity index is 1.55. The monoisotopic (exact) mass is 342 g/mol. The molecule has 2 aromatic rings. The first kappa shape index (κ1) is 16.4. The SMILES string of the molecule is Fc1cccc(CN2CCOCC2c2nccc(N3CCCC3)n2)c1. The molecule has 132 valence electrons. The number of rotatable bonds is 4. The summed E-state index contributed by atoms with van der Waals surface area (Å²) in [4.78, 5) is 13.9. The number of halogens is 1. The Kier molecular flexibility index (Phi) is 4.90. The van der Waals surface area contributed by atoms with Crippen LogP contribution in [0.25, 0.3) is 0 Å². The van der Waals surface area contributed by atoms with E-state index in [-0.39, 0.29) is 11.9 Å². The average Bonchev–Trinajstić information content (AvgIpc) is 3.17. The molecule has 0 N–H and O–H groups in total. The molecule has 2 saturated heterocycles. The molecule has 1 atom stereocenters. The molecule has 6 heteroatoms. The van der Waals surface area contributed by atoms with Crippen LogP contribution < -0.4 is 4.90 Å². The van der Waals surface area contributed by atoms with Crippen LogP contribution in [0.2, 0.25) is 0 Å². The van der Waals surface area contributed by atoms with Gasteiger partial charge in [0.2, 0.25) is 0 Å². The van der Waals surface area contributed by atoms with E-state index in [2.05, 4.69) is 14.8 Å². The summed E-state index contributed by atoms with van der Waals surface area (Å²) in [5.74, 6) is 1.59. The second-order valence-corrected chi connectivity index (χ2v) is 6.66. The fourth-order valence-corrected chi connectivity index (χ4v) is 3.58. The highest BCUT2D eigenvalue weighted by Crippen LogP contribution is 2.26. The van der Waals surface area contributed by atoms with Gasteiger partial charge in [-0.05, 0) is 36.6 Å². The summed E-state index contributed by atoms with van der Waals surface area (Å²) in [5.41, 5.74) is 0.961. The zero-order valence-corrected chi connectivity index (χ0v) is 14.3. The Morgan fingerprint density at radius 2 is 2.04 bits per heavy atom. The molecule has 1 aromatic heterocycles. The molecule has 0 bridgehead atoms. The van der Waals surface area contributed by atoms with Gasteiger partial charge in [-0.2, -0.15) is 0 Å². The van der Waals surface area contributed by atoms with E-state index in [0.29, 0.717) is 19.8 Å². The lowest BCUT2D eigenvalue weighted by Crippen LogP contribution is -2.40. The second kappa shape index (κ2) is 7.45. The van der Waals surface area contributed by atoms with Gasteiger partial charge in [-0.15, -0.1) is 0 Å².